The molecule has 3 nitrogen and oxygen atoms in total. The molecule has 2 heterocycles. The van der Waals surface area contributed by atoms with Gasteiger partial charge in [-0.1, -0.05) is 22.0 Å². The fourth-order valence-electron chi connectivity index (χ4n) is 3.09. The van der Waals surface area contributed by atoms with Crippen LogP contribution in [0.25, 0.3) is 0 Å². The Kier molecular flexibility index (Phi) is 3.16. The summed E-state index contributed by atoms with van der Waals surface area (Å²) in [5, 5.41) is 0. The Labute approximate surface area is 132 Å². The minimum atomic E-state index is 0.000699. The number of halogens is 1. The van der Waals surface area contributed by atoms with Crippen LogP contribution in [0.1, 0.15) is 35.3 Å². The smallest absolute Gasteiger partial charge is 0.126 e. The quantitative estimate of drug-likeness (QED) is 0.852. The van der Waals surface area contributed by atoms with Crippen LogP contribution in [0.4, 0.5) is 0 Å². The molecule has 4 heteroatoms. The second-order valence-corrected chi connectivity index (χ2v) is 6.51. The summed E-state index contributed by atoms with van der Waals surface area (Å²) in [5.41, 5.74) is 9.86. The van der Waals surface area contributed by atoms with Gasteiger partial charge in [-0.25, -0.2) is 0 Å². The zero-order valence-electron chi connectivity index (χ0n) is 11.5. The van der Waals surface area contributed by atoms with Gasteiger partial charge in [-0.2, -0.15) is 0 Å². The molecule has 108 valence electrons. The van der Waals surface area contributed by atoms with Crippen LogP contribution in [0.3, 0.4) is 0 Å². The van der Waals surface area contributed by atoms with Crippen molar-refractivity contribution in [2.24, 2.45) is 5.73 Å². The van der Waals surface area contributed by atoms with Crippen LogP contribution >= 0.6 is 15.9 Å². The van der Waals surface area contributed by atoms with Crippen molar-refractivity contribution in [2.75, 3.05) is 6.61 Å². The third-order valence-electron chi connectivity index (χ3n) is 4.19. The van der Waals surface area contributed by atoms with Crippen molar-refractivity contribution >= 4 is 15.9 Å². The molecule has 0 aliphatic carbocycles. The van der Waals surface area contributed by atoms with Gasteiger partial charge >= 0.3 is 0 Å². The average molecular weight is 346 g/mol. The first kappa shape index (κ1) is 13.2. The summed E-state index contributed by atoms with van der Waals surface area (Å²) in [4.78, 5) is 0. The summed E-state index contributed by atoms with van der Waals surface area (Å²) in [6.07, 6.45) is 1.79. The highest BCUT2D eigenvalue weighted by Crippen LogP contribution is 2.41. The number of nitrogens with two attached hydrogens (primary N) is 1. The Morgan fingerprint density at radius 2 is 1.95 bits per heavy atom. The van der Waals surface area contributed by atoms with Crippen molar-refractivity contribution in [3.8, 4) is 11.5 Å². The van der Waals surface area contributed by atoms with Gasteiger partial charge in [0.1, 0.15) is 17.6 Å². The Morgan fingerprint density at radius 3 is 2.86 bits per heavy atom. The Bertz CT molecular complexity index is 701. The van der Waals surface area contributed by atoms with E-state index in [1.54, 1.807) is 0 Å². The topological polar surface area (TPSA) is 44.5 Å². The van der Waals surface area contributed by atoms with E-state index < -0.39 is 0 Å². The van der Waals surface area contributed by atoms with E-state index in [4.69, 9.17) is 15.2 Å². The molecule has 2 unspecified atom stereocenters. The molecule has 0 radical (unpaired) electrons. The maximum absolute atomic E-state index is 6.33. The van der Waals surface area contributed by atoms with Crippen molar-refractivity contribution < 1.29 is 9.47 Å². The first-order chi connectivity index (χ1) is 10.2. The number of hydrogen-bond acceptors (Lipinski definition) is 3. The lowest BCUT2D eigenvalue weighted by Crippen LogP contribution is -2.24. The molecule has 0 bridgehead atoms. The van der Waals surface area contributed by atoms with Crippen LogP contribution in [0.15, 0.2) is 40.9 Å². The van der Waals surface area contributed by atoms with Crippen molar-refractivity contribution in [1.82, 2.24) is 0 Å². The predicted octanol–water partition coefficient (Wildman–Crippen LogP) is 3.91. The van der Waals surface area contributed by atoms with Crippen LogP contribution in [-0.4, -0.2) is 6.61 Å². The van der Waals surface area contributed by atoms with E-state index in [-0.39, 0.29) is 12.1 Å². The van der Waals surface area contributed by atoms with Crippen molar-refractivity contribution in [3.63, 3.8) is 0 Å². The molecule has 0 fully saturated rings. The highest BCUT2D eigenvalue weighted by Gasteiger charge is 2.28. The van der Waals surface area contributed by atoms with Gasteiger partial charge in [-0.3, -0.25) is 0 Å². The van der Waals surface area contributed by atoms with Gasteiger partial charge in [0.25, 0.3) is 0 Å². The Morgan fingerprint density at radius 1 is 1.10 bits per heavy atom. The lowest BCUT2D eigenvalue weighted by Gasteiger charge is -2.31. The van der Waals surface area contributed by atoms with Crippen LogP contribution in [0, 0.1) is 0 Å². The molecule has 2 atom stereocenters. The fraction of sp³-hybridized carbons (Fsp3) is 0.294. The van der Waals surface area contributed by atoms with Gasteiger partial charge in [0.15, 0.2) is 0 Å². The second kappa shape index (κ2) is 5.04. The minimum absolute atomic E-state index is 0.000699. The molecule has 21 heavy (non-hydrogen) atoms. The third kappa shape index (κ3) is 2.32. The SMILES string of the molecule is NC1CC(c2ccc3c(c2)CCO3)Oc2ccc(Br)cc21. The van der Waals surface area contributed by atoms with Crippen molar-refractivity contribution in [1.29, 1.82) is 0 Å². The molecule has 2 aliphatic heterocycles. The maximum Gasteiger partial charge on any atom is 0.126 e. The van der Waals surface area contributed by atoms with Crippen LogP contribution in [-0.2, 0) is 6.42 Å². The fourth-order valence-corrected chi connectivity index (χ4v) is 3.47. The summed E-state index contributed by atoms with van der Waals surface area (Å²) >= 11 is 3.49. The van der Waals surface area contributed by atoms with Crippen molar-refractivity contribution in [2.45, 2.75) is 25.0 Å². The van der Waals surface area contributed by atoms with E-state index in [0.717, 1.165) is 41.0 Å². The summed E-state index contributed by atoms with van der Waals surface area (Å²) in [7, 11) is 0. The van der Waals surface area contributed by atoms with Crippen molar-refractivity contribution in [3.05, 3.63) is 57.6 Å². The second-order valence-electron chi connectivity index (χ2n) is 5.60. The van der Waals surface area contributed by atoms with E-state index in [0.29, 0.717) is 0 Å². The molecule has 4 rings (SSSR count). The number of ether oxygens (including phenoxy) is 2. The summed E-state index contributed by atoms with van der Waals surface area (Å²) < 4.78 is 12.8. The molecule has 2 aromatic carbocycles. The first-order valence-electron chi connectivity index (χ1n) is 7.18. The number of hydrogen-bond donors (Lipinski definition) is 1. The summed E-state index contributed by atoms with van der Waals surface area (Å²) in [6, 6.07) is 12.4. The van der Waals surface area contributed by atoms with Crippen LogP contribution in [0.5, 0.6) is 11.5 Å². The van der Waals surface area contributed by atoms with E-state index in [2.05, 4.69) is 28.1 Å². The lowest BCUT2D eigenvalue weighted by atomic mass is 9.93. The molecule has 2 aliphatic rings. The standard InChI is InChI=1S/C17H16BrNO2/c18-12-2-4-16-13(8-12)14(19)9-17(21-16)10-1-3-15-11(7-10)5-6-20-15/h1-4,7-8,14,17H,5-6,9,19H2. The van der Waals surface area contributed by atoms with E-state index >= 15 is 0 Å². The maximum atomic E-state index is 6.33. The zero-order chi connectivity index (χ0) is 14.4. The average Bonchev–Trinajstić information content (AvgIpc) is 2.95. The van der Waals surface area contributed by atoms with Gasteiger partial charge in [0.05, 0.1) is 6.61 Å². The molecule has 0 saturated heterocycles. The largest absolute Gasteiger partial charge is 0.493 e. The van der Waals surface area contributed by atoms with Gasteiger partial charge in [-0.15, -0.1) is 0 Å². The summed E-state index contributed by atoms with van der Waals surface area (Å²) in [5.74, 6) is 1.89. The van der Waals surface area contributed by atoms with E-state index in [1.807, 2.05) is 24.3 Å². The molecular weight excluding hydrogens is 330 g/mol. The monoisotopic (exact) mass is 345 g/mol. The predicted molar refractivity (Wildman–Crippen MR) is 84.7 cm³/mol. The molecule has 2 aromatic rings. The normalized spacial score (nSPS) is 23.0. The molecule has 0 saturated carbocycles. The van der Waals surface area contributed by atoms with Crippen LogP contribution < -0.4 is 15.2 Å². The highest BCUT2D eigenvalue weighted by molar-refractivity contribution is 9.10. The lowest BCUT2D eigenvalue weighted by molar-refractivity contribution is 0.161. The van der Waals surface area contributed by atoms with Gasteiger partial charge in [0.2, 0.25) is 0 Å². The molecular formula is C17H16BrNO2. The van der Waals surface area contributed by atoms with Crippen LogP contribution in [0.2, 0.25) is 0 Å². The van der Waals surface area contributed by atoms with Gasteiger partial charge in [0, 0.05) is 28.9 Å². The zero-order valence-corrected chi connectivity index (χ0v) is 13.1. The molecule has 0 spiro atoms. The highest BCUT2D eigenvalue weighted by atomic mass is 79.9. The molecule has 0 aromatic heterocycles. The summed E-state index contributed by atoms with van der Waals surface area (Å²) in [6.45, 7) is 0.778. The number of benzene rings is 2. The van der Waals surface area contributed by atoms with Gasteiger partial charge < -0.3 is 15.2 Å². The van der Waals surface area contributed by atoms with Gasteiger partial charge in [-0.05, 0) is 41.5 Å². The Hall–Kier alpha value is -1.52. The minimum Gasteiger partial charge on any atom is -0.493 e. The first-order valence-corrected chi connectivity index (χ1v) is 7.97. The Balaban J connectivity index is 1.67. The third-order valence-corrected chi connectivity index (χ3v) is 4.69. The van der Waals surface area contributed by atoms with E-state index in [1.165, 1.54) is 11.1 Å². The molecule has 0 amide bonds. The number of rotatable bonds is 1. The molecule has 2 N–H and O–H groups in total. The van der Waals surface area contributed by atoms with E-state index in [9.17, 15) is 0 Å². The number of fused-ring (bicyclic) bond motifs is 2.